The predicted octanol–water partition coefficient (Wildman–Crippen LogP) is 4.04. The number of rotatable bonds is 6. The van der Waals surface area contributed by atoms with Crippen molar-refractivity contribution in [3.05, 3.63) is 107 Å². The molecular formula is C26H17ClN4O4S. The van der Waals surface area contributed by atoms with Crippen LogP contribution in [-0.4, -0.2) is 27.9 Å². The van der Waals surface area contributed by atoms with Gasteiger partial charge in [0.2, 0.25) is 11.5 Å². The molecule has 0 spiro atoms. The molecule has 8 nitrogen and oxygen atoms in total. The van der Waals surface area contributed by atoms with Crippen LogP contribution < -0.4 is 14.7 Å². The number of carbonyl (C=O) groups is 2. The number of amidine groups is 1. The molecule has 5 rings (SSSR count). The van der Waals surface area contributed by atoms with Gasteiger partial charge in [-0.15, -0.1) is 0 Å². The number of halogens is 1. The van der Waals surface area contributed by atoms with Crippen molar-refractivity contribution in [2.75, 3.05) is 10.7 Å². The molecule has 1 aliphatic heterocycles. The molecule has 0 fully saturated rings. The van der Waals surface area contributed by atoms with E-state index in [0.29, 0.717) is 21.6 Å². The zero-order valence-electron chi connectivity index (χ0n) is 18.6. The number of anilines is 1. The maximum Gasteiger partial charge on any atom is 0.307 e. The largest absolute Gasteiger partial charge is 0.539 e. The number of Topliss-reactive ketones (excluding diaryl/α,β-unsaturated/α-hetero) is 1. The average Bonchev–Trinajstić information content (AvgIpc) is 3.44. The van der Waals surface area contributed by atoms with Crippen LogP contribution in [0.15, 0.2) is 100 Å². The van der Waals surface area contributed by atoms with E-state index in [1.54, 1.807) is 78.9 Å². The van der Waals surface area contributed by atoms with Gasteiger partial charge in [0.25, 0.3) is 5.91 Å². The number of para-hydroxylation sites is 2. The zero-order valence-corrected chi connectivity index (χ0v) is 20.1. The number of thioether (sulfide) groups is 1. The number of hydrogen-bond donors (Lipinski definition) is 0. The van der Waals surface area contributed by atoms with E-state index in [9.17, 15) is 14.7 Å². The second kappa shape index (κ2) is 10.2. The van der Waals surface area contributed by atoms with E-state index < -0.39 is 11.7 Å². The predicted molar refractivity (Wildman–Crippen MR) is 135 cm³/mol. The summed E-state index contributed by atoms with van der Waals surface area (Å²) in [5.41, 5.74) is 1.89. The molecular weight excluding hydrogens is 500 g/mol. The van der Waals surface area contributed by atoms with Crippen LogP contribution in [0, 0.1) is 0 Å². The first-order chi connectivity index (χ1) is 17.5. The van der Waals surface area contributed by atoms with Gasteiger partial charge in [-0.2, -0.15) is 0 Å². The maximum atomic E-state index is 13.3. The molecule has 3 aromatic carbocycles. The van der Waals surface area contributed by atoms with E-state index >= 15 is 0 Å². The number of hydrogen-bond acceptors (Lipinski definition) is 7. The number of benzene rings is 3. The summed E-state index contributed by atoms with van der Waals surface area (Å²) in [4.78, 5) is 32.3. The number of ketones is 1. The Kier molecular flexibility index (Phi) is 6.66. The van der Waals surface area contributed by atoms with Crippen LogP contribution in [0.4, 0.5) is 5.69 Å². The van der Waals surface area contributed by atoms with Crippen LogP contribution in [0.3, 0.4) is 0 Å². The van der Waals surface area contributed by atoms with Gasteiger partial charge < -0.3 is 9.63 Å². The number of aliphatic imine (C=N–C) groups is 1. The summed E-state index contributed by atoms with van der Waals surface area (Å²) in [6, 6.07) is 24.8. The Bertz CT molecular complexity index is 1490. The molecule has 0 saturated carbocycles. The minimum Gasteiger partial charge on any atom is -0.539 e. The second-order valence-corrected chi connectivity index (χ2v) is 9.00. The van der Waals surface area contributed by atoms with E-state index in [1.807, 2.05) is 12.1 Å². The monoisotopic (exact) mass is 516 g/mol. The number of aromatic nitrogens is 2. The van der Waals surface area contributed by atoms with Gasteiger partial charge in [0.15, 0.2) is 11.1 Å². The number of nitrogens with zero attached hydrogens (tertiary/aromatic N) is 4. The molecule has 36 heavy (non-hydrogen) atoms. The van der Waals surface area contributed by atoms with Crippen LogP contribution in [-0.2, 0) is 4.79 Å². The fourth-order valence-corrected chi connectivity index (χ4v) is 4.54. The van der Waals surface area contributed by atoms with Crippen molar-refractivity contribution in [2.24, 2.45) is 4.99 Å². The van der Waals surface area contributed by atoms with Crippen molar-refractivity contribution < 1.29 is 23.9 Å². The molecule has 0 atom stereocenters. The summed E-state index contributed by atoms with van der Waals surface area (Å²) in [7, 11) is 0. The highest BCUT2D eigenvalue weighted by molar-refractivity contribution is 8.14. The van der Waals surface area contributed by atoms with Crippen molar-refractivity contribution in [2.45, 2.75) is 0 Å². The van der Waals surface area contributed by atoms with Gasteiger partial charge in [-0.25, -0.2) is 4.99 Å². The normalized spacial score (nSPS) is 14.4. The Morgan fingerprint density at radius 1 is 1.03 bits per heavy atom. The summed E-state index contributed by atoms with van der Waals surface area (Å²) >= 11 is 7.01. The molecule has 178 valence electrons. The molecule has 1 amide bonds. The molecule has 0 unspecified atom stereocenters. The molecule has 2 heterocycles. The van der Waals surface area contributed by atoms with Crippen molar-refractivity contribution in [3.63, 3.8) is 0 Å². The van der Waals surface area contributed by atoms with Gasteiger partial charge in [0.1, 0.15) is 5.70 Å². The Labute approximate surface area is 215 Å². The fraction of sp³-hybridized carbons (Fsp3) is 0.0385. The number of amides is 1. The molecule has 0 radical (unpaired) electrons. The topological polar surface area (TPSA) is 103 Å². The van der Waals surface area contributed by atoms with E-state index in [-0.39, 0.29) is 23.1 Å². The first-order valence-electron chi connectivity index (χ1n) is 10.8. The Morgan fingerprint density at radius 2 is 1.69 bits per heavy atom. The third-order valence-corrected chi connectivity index (χ3v) is 6.42. The second-order valence-electron chi connectivity index (χ2n) is 7.62. The Hall–Kier alpha value is -4.21. The molecule has 0 bridgehead atoms. The first kappa shape index (κ1) is 23.5. The molecule has 0 aliphatic carbocycles. The summed E-state index contributed by atoms with van der Waals surface area (Å²) in [6.07, 6.45) is 1.66. The minimum atomic E-state index is -0.836. The highest BCUT2D eigenvalue weighted by atomic mass is 35.5. The Morgan fingerprint density at radius 3 is 2.39 bits per heavy atom. The lowest BCUT2D eigenvalue weighted by molar-refractivity contribution is -0.672. The minimum absolute atomic E-state index is 0.160. The third kappa shape index (κ3) is 4.79. The molecule has 1 aliphatic rings. The molecule has 10 heteroatoms. The lowest BCUT2D eigenvalue weighted by Crippen LogP contribution is -2.39. The van der Waals surface area contributed by atoms with Crippen molar-refractivity contribution >= 4 is 52.0 Å². The standard InChI is InChI=1S/C26H17ClN4O4S/c27-18-13-11-17(12-14-18)15-21-24(33)30(19-7-3-1-4-8-19)26(28-21)36-16-22(32)23-25(34)35-29-31(23)20-9-5-2-6-10-20/h1-15H,16H2/b21-15+. The highest BCUT2D eigenvalue weighted by Gasteiger charge is 2.34. The van der Waals surface area contributed by atoms with E-state index in [4.69, 9.17) is 16.1 Å². The van der Waals surface area contributed by atoms with Crippen molar-refractivity contribution in [1.29, 1.82) is 0 Å². The first-order valence-corrected chi connectivity index (χ1v) is 12.1. The zero-order chi connectivity index (χ0) is 25.1. The number of carbonyl (C=O) groups excluding carboxylic acids is 2. The van der Waals surface area contributed by atoms with Crippen molar-refractivity contribution in [1.82, 2.24) is 5.27 Å². The van der Waals surface area contributed by atoms with Crippen LogP contribution in [0.2, 0.25) is 5.02 Å². The lowest BCUT2D eigenvalue weighted by Gasteiger charge is -2.17. The maximum absolute atomic E-state index is 13.3. The summed E-state index contributed by atoms with van der Waals surface area (Å²) < 4.78 is 5.93. The smallest absolute Gasteiger partial charge is 0.307 e. The van der Waals surface area contributed by atoms with Gasteiger partial charge in [0, 0.05) is 17.2 Å². The van der Waals surface area contributed by atoms with Crippen LogP contribution in [0.25, 0.3) is 11.8 Å². The molecule has 1 aromatic heterocycles. The highest BCUT2D eigenvalue weighted by Crippen LogP contribution is 2.30. The van der Waals surface area contributed by atoms with Crippen molar-refractivity contribution in [3.8, 4) is 11.6 Å². The third-order valence-electron chi connectivity index (χ3n) is 5.23. The van der Waals surface area contributed by atoms with Crippen LogP contribution in [0.1, 0.15) is 16.1 Å². The lowest BCUT2D eigenvalue weighted by atomic mass is 10.2. The van der Waals surface area contributed by atoms with Gasteiger partial charge in [-0.3, -0.25) is 14.5 Å². The van der Waals surface area contributed by atoms with E-state index in [0.717, 1.165) is 17.3 Å². The fourth-order valence-electron chi connectivity index (χ4n) is 3.54. The summed E-state index contributed by atoms with van der Waals surface area (Å²) in [5.74, 6) is -1.84. The average molecular weight is 517 g/mol. The molecule has 0 N–H and O–H groups in total. The summed E-state index contributed by atoms with van der Waals surface area (Å²) in [5, 5.41) is 16.9. The van der Waals surface area contributed by atoms with Gasteiger partial charge >= 0.3 is 5.69 Å². The van der Waals surface area contributed by atoms with E-state index in [1.165, 1.54) is 9.58 Å². The Balaban J connectivity index is 1.44. The van der Waals surface area contributed by atoms with Gasteiger partial charge in [-0.1, -0.05) is 71.9 Å². The summed E-state index contributed by atoms with van der Waals surface area (Å²) in [6.45, 7) is 0. The quantitative estimate of drug-likeness (QED) is 0.218. The van der Waals surface area contributed by atoms with E-state index in [2.05, 4.69) is 10.3 Å². The van der Waals surface area contributed by atoms with Crippen LogP contribution in [0.5, 0.6) is 5.95 Å². The molecule has 0 saturated heterocycles. The SMILES string of the molecule is O=C(CSC1=N/C(=C/c2ccc(Cl)cc2)C(=O)N1c1ccccc1)c1c([O-])on[n+]1-c1ccccc1. The van der Waals surface area contributed by atoms with Crippen LogP contribution >= 0.6 is 23.4 Å². The molecule has 4 aromatic rings. The van der Waals surface area contributed by atoms with Gasteiger partial charge in [0.05, 0.1) is 16.7 Å². The van der Waals surface area contributed by atoms with Gasteiger partial charge in [-0.05, 0) is 40.6 Å².